The van der Waals surface area contributed by atoms with E-state index in [-0.39, 0.29) is 6.04 Å². The van der Waals surface area contributed by atoms with E-state index in [0.29, 0.717) is 6.42 Å². The highest BCUT2D eigenvalue weighted by Crippen LogP contribution is 2.29. The van der Waals surface area contributed by atoms with Crippen molar-refractivity contribution < 1.29 is 4.39 Å². The molecule has 0 spiro atoms. The largest absolute Gasteiger partial charge is 0.269 e. The average molecular weight is 182 g/mol. The molecule has 0 aromatic carbocycles. The first-order valence-electron chi connectivity index (χ1n) is 4.90. The molecule has 0 bridgehead atoms. The summed E-state index contributed by atoms with van der Waals surface area (Å²) >= 11 is 0. The van der Waals surface area contributed by atoms with Crippen LogP contribution >= 0.6 is 0 Å². The summed E-state index contributed by atoms with van der Waals surface area (Å²) in [7, 11) is 0. The molecule has 3 heteroatoms. The van der Waals surface area contributed by atoms with Gasteiger partial charge >= 0.3 is 0 Å². The standard InChI is InChI=1S/C10H15FN2/c1-8-6-12-13(7-8)10-4-2-3-9(11)5-10/h6-7,9-10H,2-5H2,1H3. The van der Waals surface area contributed by atoms with Crippen LogP contribution in [0, 0.1) is 6.92 Å². The maximum absolute atomic E-state index is 13.1. The first-order valence-corrected chi connectivity index (χ1v) is 4.90. The third kappa shape index (κ3) is 1.90. The highest BCUT2D eigenvalue weighted by Gasteiger charge is 2.22. The lowest BCUT2D eigenvalue weighted by molar-refractivity contribution is 0.192. The molecule has 2 unspecified atom stereocenters. The Kier molecular flexibility index (Phi) is 2.34. The number of nitrogens with zero attached hydrogens (tertiary/aromatic N) is 2. The predicted octanol–water partition coefficient (Wildman–Crippen LogP) is 2.64. The van der Waals surface area contributed by atoms with E-state index >= 15 is 0 Å². The fraction of sp³-hybridized carbons (Fsp3) is 0.700. The number of halogens is 1. The molecule has 1 aromatic heterocycles. The Morgan fingerprint density at radius 1 is 1.54 bits per heavy atom. The lowest BCUT2D eigenvalue weighted by atomic mass is 9.94. The summed E-state index contributed by atoms with van der Waals surface area (Å²) in [5.74, 6) is 0. The summed E-state index contributed by atoms with van der Waals surface area (Å²) in [6, 6.07) is 0.289. The second kappa shape index (κ2) is 3.48. The molecule has 0 saturated heterocycles. The molecule has 72 valence electrons. The van der Waals surface area contributed by atoms with Crippen LogP contribution in [0.25, 0.3) is 0 Å². The van der Waals surface area contributed by atoms with Gasteiger partial charge in [0.15, 0.2) is 0 Å². The molecule has 1 saturated carbocycles. The van der Waals surface area contributed by atoms with Gasteiger partial charge in [0, 0.05) is 12.6 Å². The molecule has 0 radical (unpaired) electrons. The van der Waals surface area contributed by atoms with E-state index in [2.05, 4.69) is 5.10 Å². The number of hydrogen-bond donors (Lipinski definition) is 0. The molecule has 13 heavy (non-hydrogen) atoms. The van der Waals surface area contributed by atoms with E-state index in [1.165, 1.54) is 0 Å². The number of rotatable bonds is 1. The molecule has 1 aliphatic rings. The van der Waals surface area contributed by atoms with Gasteiger partial charge in [-0.3, -0.25) is 4.68 Å². The zero-order valence-electron chi connectivity index (χ0n) is 7.91. The summed E-state index contributed by atoms with van der Waals surface area (Å²) in [6.45, 7) is 2.01. The van der Waals surface area contributed by atoms with Gasteiger partial charge in [-0.15, -0.1) is 0 Å². The van der Waals surface area contributed by atoms with Crippen LogP contribution in [-0.4, -0.2) is 16.0 Å². The van der Waals surface area contributed by atoms with E-state index in [4.69, 9.17) is 0 Å². The summed E-state index contributed by atoms with van der Waals surface area (Å²) in [5, 5.41) is 4.22. The quantitative estimate of drug-likeness (QED) is 0.652. The van der Waals surface area contributed by atoms with E-state index in [1.807, 2.05) is 24.0 Å². The third-order valence-corrected chi connectivity index (χ3v) is 2.69. The predicted molar refractivity (Wildman–Crippen MR) is 49.4 cm³/mol. The molecule has 0 N–H and O–H groups in total. The smallest absolute Gasteiger partial charge is 0.102 e. The maximum atomic E-state index is 13.1. The van der Waals surface area contributed by atoms with Crippen LogP contribution in [0.4, 0.5) is 4.39 Å². The van der Waals surface area contributed by atoms with Gasteiger partial charge in [-0.1, -0.05) is 0 Å². The van der Waals surface area contributed by atoms with Crippen LogP contribution in [0.1, 0.15) is 37.3 Å². The summed E-state index contributed by atoms with van der Waals surface area (Å²) in [6.07, 6.45) is 6.65. The van der Waals surface area contributed by atoms with Gasteiger partial charge in [0.2, 0.25) is 0 Å². The minimum Gasteiger partial charge on any atom is -0.269 e. The molecule has 0 amide bonds. The molecule has 1 heterocycles. The van der Waals surface area contributed by atoms with Crippen LogP contribution in [-0.2, 0) is 0 Å². The highest BCUT2D eigenvalue weighted by molar-refractivity contribution is 5.00. The lowest BCUT2D eigenvalue weighted by Crippen LogP contribution is -2.20. The van der Waals surface area contributed by atoms with E-state index < -0.39 is 6.17 Å². The fourth-order valence-electron chi connectivity index (χ4n) is 1.98. The minimum atomic E-state index is -0.622. The monoisotopic (exact) mass is 182 g/mol. The molecule has 1 aliphatic carbocycles. The Balaban J connectivity index is 2.08. The van der Waals surface area contributed by atoms with Crippen molar-refractivity contribution in [1.29, 1.82) is 0 Å². The zero-order valence-corrected chi connectivity index (χ0v) is 7.91. The highest BCUT2D eigenvalue weighted by atomic mass is 19.1. The van der Waals surface area contributed by atoms with Gasteiger partial charge in [0.25, 0.3) is 0 Å². The van der Waals surface area contributed by atoms with Crippen molar-refractivity contribution in [1.82, 2.24) is 9.78 Å². The van der Waals surface area contributed by atoms with E-state index in [1.54, 1.807) is 0 Å². The summed E-state index contributed by atoms with van der Waals surface area (Å²) < 4.78 is 15.0. The van der Waals surface area contributed by atoms with Crippen molar-refractivity contribution in [3.05, 3.63) is 18.0 Å². The Morgan fingerprint density at radius 2 is 2.38 bits per heavy atom. The zero-order chi connectivity index (χ0) is 9.26. The Morgan fingerprint density at radius 3 is 3.00 bits per heavy atom. The van der Waals surface area contributed by atoms with Crippen molar-refractivity contribution in [2.24, 2.45) is 0 Å². The Hall–Kier alpha value is -0.860. The normalized spacial score (nSPS) is 29.1. The van der Waals surface area contributed by atoms with Gasteiger partial charge in [-0.05, 0) is 31.7 Å². The second-order valence-electron chi connectivity index (χ2n) is 3.92. The molecule has 1 fully saturated rings. The molecule has 2 atom stereocenters. The van der Waals surface area contributed by atoms with E-state index in [9.17, 15) is 4.39 Å². The fourth-order valence-corrected chi connectivity index (χ4v) is 1.98. The molecular formula is C10H15FN2. The first-order chi connectivity index (χ1) is 6.25. The average Bonchev–Trinajstić information content (AvgIpc) is 2.52. The van der Waals surface area contributed by atoms with Crippen molar-refractivity contribution in [2.45, 2.75) is 44.8 Å². The molecule has 2 rings (SSSR count). The first kappa shape index (κ1) is 8.73. The minimum absolute atomic E-state index is 0.289. The van der Waals surface area contributed by atoms with Crippen molar-refractivity contribution in [3.8, 4) is 0 Å². The van der Waals surface area contributed by atoms with Crippen LogP contribution < -0.4 is 0 Å². The van der Waals surface area contributed by atoms with E-state index in [0.717, 1.165) is 24.8 Å². The number of hydrogen-bond acceptors (Lipinski definition) is 1. The summed E-state index contributed by atoms with van der Waals surface area (Å²) in [5.41, 5.74) is 1.15. The van der Waals surface area contributed by atoms with Crippen LogP contribution in [0.15, 0.2) is 12.4 Å². The summed E-state index contributed by atoms with van der Waals surface area (Å²) in [4.78, 5) is 0. The topological polar surface area (TPSA) is 17.8 Å². The van der Waals surface area contributed by atoms with Gasteiger partial charge in [-0.25, -0.2) is 4.39 Å². The molecule has 2 nitrogen and oxygen atoms in total. The molecule has 1 aromatic rings. The number of aryl methyl sites for hydroxylation is 1. The van der Waals surface area contributed by atoms with Crippen molar-refractivity contribution >= 4 is 0 Å². The van der Waals surface area contributed by atoms with Crippen LogP contribution in [0.2, 0.25) is 0 Å². The second-order valence-corrected chi connectivity index (χ2v) is 3.92. The van der Waals surface area contributed by atoms with Gasteiger partial charge in [-0.2, -0.15) is 5.10 Å². The van der Waals surface area contributed by atoms with Crippen molar-refractivity contribution in [3.63, 3.8) is 0 Å². The maximum Gasteiger partial charge on any atom is 0.102 e. The molecular weight excluding hydrogens is 167 g/mol. The van der Waals surface area contributed by atoms with Crippen LogP contribution in [0.3, 0.4) is 0 Å². The van der Waals surface area contributed by atoms with Crippen LogP contribution in [0.5, 0.6) is 0 Å². The van der Waals surface area contributed by atoms with Gasteiger partial charge in [0.05, 0.1) is 12.2 Å². The Labute approximate surface area is 77.8 Å². The van der Waals surface area contributed by atoms with Gasteiger partial charge < -0.3 is 0 Å². The SMILES string of the molecule is Cc1cnn(C2CCCC(F)C2)c1. The third-order valence-electron chi connectivity index (χ3n) is 2.69. The number of alkyl halides is 1. The van der Waals surface area contributed by atoms with Gasteiger partial charge in [0.1, 0.15) is 6.17 Å². The number of aromatic nitrogens is 2. The Bertz CT molecular complexity index is 282. The molecule has 0 aliphatic heterocycles. The lowest BCUT2D eigenvalue weighted by Gasteiger charge is -2.24. The van der Waals surface area contributed by atoms with Crippen molar-refractivity contribution in [2.75, 3.05) is 0 Å².